The lowest BCUT2D eigenvalue weighted by Crippen LogP contribution is -1.96. The molecule has 0 bridgehead atoms. The third-order valence-electron chi connectivity index (χ3n) is 2.18. The van der Waals surface area contributed by atoms with Crippen LogP contribution >= 0.6 is 0 Å². The van der Waals surface area contributed by atoms with Crippen LogP contribution in [0, 0.1) is 6.92 Å². The number of ether oxygens (including phenoxy) is 1. The third-order valence-corrected chi connectivity index (χ3v) is 2.18. The zero-order valence-electron chi connectivity index (χ0n) is 9.19. The van der Waals surface area contributed by atoms with Gasteiger partial charge in [-0.25, -0.2) is 0 Å². The van der Waals surface area contributed by atoms with Crippen LogP contribution in [0.15, 0.2) is 0 Å². The molecule has 0 heterocycles. The summed E-state index contributed by atoms with van der Waals surface area (Å²) >= 11 is 0. The number of hydrogen-bond acceptors (Lipinski definition) is 1. The second kappa shape index (κ2) is 12.0. The van der Waals surface area contributed by atoms with Gasteiger partial charge in [-0.3, -0.25) is 0 Å². The molecule has 13 heavy (non-hydrogen) atoms. The molecule has 0 atom stereocenters. The monoisotopic (exact) mass is 185 g/mol. The van der Waals surface area contributed by atoms with Crippen molar-refractivity contribution in [2.45, 2.75) is 58.3 Å². The Bertz CT molecular complexity index is 71.2. The minimum atomic E-state index is 0.901. The number of unbranched alkanes of at least 4 members (excludes halogenated alkanes) is 6. The lowest BCUT2D eigenvalue weighted by molar-refractivity contribution is 0.128. The fourth-order valence-electron chi connectivity index (χ4n) is 1.29. The molecular formula is C12H25O. The third kappa shape index (κ3) is 12.0. The Morgan fingerprint density at radius 1 is 0.846 bits per heavy atom. The van der Waals surface area contributed by atoms with E-state index in [1.54, 1.807) is 0 Å². The van der Waals surface area contributed by atoms with Gasteiger partial charge in [0, 0.05) is 13.2 Å². The first-order chi connectivity index (χ1) is 6.41. The molecule has 0 N–H and O–H groups in total. The van der Waals surface area contributed by atoms with E-state index < -0.39 is 0 Å². The Morgan fingerprint density at radius 2 is 1.46 bits per heavy atom. The van der Waals surface area contributed by atoms with Crippen molar-refractivity contribution in [3.8, 4) is 0 Å². The summed E-state index contributed by atoms with van der Waals surface area (Å²) in [4.78, 5) is 0. The quantitative estimate of drug-likeness (QED) is 0.468. The average Bonchev–Trinajstić information content (AvgIpc) is 2.16. The molecule has 1 heteroatoms. The van der Waals surface area contributed by atoms with Crippen molar-refractivity contribution in [2.75, 3.05) is 13.2 Å². The van der Waals surface area contributed by atoms with Gasteiger partial charge in [-0.05, 0) is 12.8 Å². The molecule has 0 aromatic rings. The van der Waals surface area contributed by atoms with Crippen LogP contribution in [0.25, 0.3) is 0 Å². The Labute approximate surface area is 83.9 Å². The summed E-state index contributed by atoms with van der Waals surface area (Å²) in [5.41, 5.74) is 0. The van der Waals surface area contributed by atoms with Crippen molar-refractivity contribution in [1.29, 1.82) is 0 Å². The standard InChI is InChI=1S/C12H25O/c1-3-5-7-8-9-10-12-13-11-6-4-2/h2-12H2,1H3. The van der Waals surface area contributed by atoms with Gasteiger partial charge in [0.15, 0.2) is 0 Å². The van der Waals surface area contributed by atoms with E-state index in [1.165, 1.54) is 38.5 Å². The number of hydrogen-bond donors (Lipinski definition) is 0. The van der Waals surface area contributed by atoms with Crippen LogP contribution in [0.3, 0.4) is 0 Å². The van der Waals surface area contributed by atoms with Gasteiger partial charge in [0.25, 0.3) is 0 Å². The summed E-state index contributed by atoms with van der Waals surface area (Å²) in [6, 6.07) is 0. The summed E-state index contributed by atoms with van der Waals surface area (Å²) in [7, 11) is 0. The van der Waals surface area contributed by atoms with Gasteiger partial charge >= 0.3 is 0 Å². The Balaban J connectivity index is 2.76. The molecule has 0 aliphatic carbocycles. The van der Waals surface area contributed by atoms with E-state index in [0.29, 0.717) is 0 Å². The molecule has 1 nitrogen and oxygen atoms in total. The molecule has 0 saturated carbocycles. The minimum Gasteiger partial charge on any atom is -0.381 e. The molecule has 0 rings (SSSR count). The van der Waals surface area contributed by atoms with Crippen LogP contribution in [-0.2, 0) is 4.74 Å². The van der Waals surface area contributed by atoms with Crippen LogP contribution in [0.4, 0.5) is 0 Å². The molecular weight excluding hydrogens is 160 g/mol. The van der Waals surface area contributed by atoms with E-state index >= 15 is 0 Å². The van der Waals surface area contributed by atoms with Gasteiger partial charge in [-0.2, -0.15) is 0 Å². The Hall–Kier alpha value is -0.0400. The first kappa shape index (κ1) is 13.0. The molecule has 0 amide bonds. The van der Waals surface area contributed by atoms with Gasteiger partial charge in [0.1, 0.15) is 0 Å². The predicted molar refractivity (Wildman–Crippen MR) is 58.8 cm³/mol. The summed E-state index contributed by atoms with van der Waals surface area (Å²) in [5, 5.41) is 0. The van der Waals surface area contributed by atoms with E-state index in [0.717, 1.165) is 26.1 Å². The first-order valence-corrected chi connectivity index (χ1v) is 5.78. The van der Waals surface area contributed by atoms with Crippen molar-refractivity contribution in [3.05, 3.63) is 6.92 Å². The van der Waals surface area contributed by atoms with E-state index in [1.807, 2.05) is 0 Å². The summed E-state index contributed by atoms with van der Waals surface area (Å²) in [5.74, 6) is 0. The maximum absolute atomic E-state index is 5.44. The van der Waals surface area contributed by atoms with E-state index in [2.05, 4.69) is 13.8 Å². The van der Waals surface area contributed by atoms with Crippen molar-refractivity contribution >= 4 is 0 Å². The minimum absolute atomic E-state index is 0.901. The normalized spacial score (nSPS) is 10.6. The second-order valence-electron chi connectivity index (χ2n) is 3.59. The highest BCUT2D eigenvalue weighted by Gasteiger charge is 1.90. The van der Waals surface area contributed by atoms with Gasteiger partial charge < -0.3 is 4.74 Å². The molecule has 0 aromatic carbocycles. The SMILES string of the molecule is [CH2]CCCOCCCCCCCC. The maximum atomic E-state index is 5.44. The molecule has 0 aliphatic rings. The van der Waals surface area contributed by atoms with Gasteiger partial charge in [0.2, 0.25) is 0 Å². The van der Waals surface area contributed by atoms with Crippen molar-refractivity contribution in [3.63, 3.8) is 0 Å². The highest BCUT2D eigenvalue weighted by Crippen LogP contribution is 2.04. The molecule has 0 unspecified atom stereocenters. The zero-order chi connectivity index (χ0) is 9.78. The Kier molecular flexibility index (Phi) is 11.9. The molecule has 1 radical (unpaired) electrons. The van der Waals surface area contributed by atoms with Crippen LogP contribution in [-0.4, -0.2) is 13.2 Å². The lowest BCUT2D eigenvalue weighted by Gasteiger charge is -2.02. The smallest absolute Gasteiger partial charge is 0.0466 e. The summed E-state index contributed by atoms with van der Waals surface area (Å²) < 4.78 is 5.44. The molecule has 0 spiro atoms. The van der Waals surface area contributed by atoms with Crippen LogP contribution in [0.1, 0.15) is 58.3 Å². The van der Waals surface area contributed by atoms with Gasteiger partial charge in [-0.15, -0.1) is 0 Å². The molecule has 0 saturated heterocycles. The largest absolute Gasteiger partial charge is 0.381 e. The zero-order valence-corrected chi connectivity index (χ0v) is 9.19. The molecule has 79 valence electrons. The van der Waals surface area contributed by atoms with Crippen molar-refractivity contribution in [1.82, 2.24) is 0 Å². The van der Waals surface area contributed by atoms with E-state index in [9.17, 15) is 0 Å². The van der Waals surface area contributed by atoms with Crippen molar-refractivity contribution in [2.24, 2.45) is 0 Å². The molecule has 0 aliphatic heterocycles. The highest BCUT2D eigenvalue weighted by molar-refractivity contribution is 4.44. The summed E-state index contributed by atoms with van der Waals surface area (Å²) in [6.07, 6.45) is 10.2. The van der Waals surface area contributed by atoms with Crippen LogP contribution in [0.5, 0.6) is 0 Å². The van der Waals surface area contributed by atoms with E-state index in [4.69, 9.17) is 4.74 Å². The predicted octanol–water partition coefficient (Wildman–Crippen LogP) is 3.98. The molecule has 0 fully saturated rings. The Morgan fingerprint density at radius 3 is 2.15 bits per heavy atom. The lowest BCUT2D eigenvalue weighted by atomic mass is 10.1. The van der Waals surface area contributed by atoms with Gasteiger partial charge in [-0.1, -0.05) is 52.4 Å². The fourth-order valence-corrected chi connectivity index (χ4v) is 1.29. The first-order valence-electron chi connectivity index (χ1n) is 5.78. The van der Waals surface area contributed by atoms with Crippen molar-refractivity contribution < 1.29 is 4.74 Å². The van der Waals surface area contributed by atoms with Crippen LogP contribution in [0.2, 0.25) is 0 Å². The van der Waals surface area contributed by atoms with Gasteiger partial charge in [0.05, 0.1) is 0 Å². The fraction of sp³-hybridized carbons (Fsp3) is 0.917. The molecule has 0 aromatic heterocycles. The summed E-state index contributed by atoms with van der Waals surface area (Å²) in [6.45, 7) is 7.88. The maximum Gasteiger partial charge on any atom is 0.0466 e. The second-order valence-corrected chi connectivity index (χ2v) is 3.59. The topological polar surface area (TPSA) is 9.23 Å². The van der Waals surface area contributed by atoms with Crippen LogP contribution < -0.4 is 0 Å². The van der Waals surface area contributed by atoms with E-state index in [-0.39, 0.29) is 0 Å². The number of rotatable bonds is 10. The highest BCUT2D eigenvalue weighted by atomic mass is 16.5. The average molecular weight is 185 g/mol.